The lowest BCUT2D eigenvalue weighted by Crippen LogP contribution is -1.94. The number of aromatic nitrogens is 3. The maximum Gasteiger partial charge on any atom is 0.135 e. The molecule has 0 N–H and O–H groups in total. The van der Waals surface area contributed by atoms with Crippen molar-refractivity contribution in [2.24, 2.45) is 0 Å². The summed E-state index contributed by atoms with van der Waals surface area (Å²) in [5.41, 5.74) is 15.0. The number of hydrogen-bond donors (Lipinski definition) is 0. The molecule has 13 aromatic rings. The van der Waals surface area contributed by atoms with Crippen molar-refractivity contribution in [3.8, 4) is 22.5 Å². The smallest absolute Gasteiger partial charge is 0.135 e. The first-order chi connectivity index (χ1) is 29.2. The molecule has 4 nitrogen and oxygen atoms in total. The van der Waals surface area contributed by atoms with E-state index >= 15 is 0 Å². The van der Waals surface area contributed by atoms with Gasteiger partial charge >= 0.3 is 0 Å². The predicted molar refractivity (Wildman–Crippen MR) is 250 cm³/mol. The lowest BCUT2D eigenvalue weighted by molar-refractivity contribution is 0.603. The summed E-state index contributed by atoms with van der Waals surface area (Å²) in [5.74, 6) is 0.789. The number of benzene rings is 8. The van der Waals surface area contributed by atoms with E-state index in [0.29, 0.717) is 0 Å². The molecule has 0 amide bonds. The number of fused-ring (bicyclic) bond motifs is 13. The molecule has 0 fully saturated rings. The molecule has 5 aromatic heterocycles. The van der Waals surface area contributed by atoms with Crippen LogP contribution in [0.15, 0.2) is 181 Å². The van der Waals surface area contributed by atoms with Gasteiger partial charge in [-0.3, -0.25) is 0 Å². The molecule has 0 saturated carbocycles. The van der Waals surface area contributed by atoms with Crippen LogP contribution in [0.25, 0.3) is 127 Å². The summed E-state index contributed by atoms with van der Waals surface area (Å²) in [6, 6.07) is 60.4. The third-order valence-electron chi connectivity index (χ3n) is 12.7. The summed E-state index contributed by atoms with van der Waals surface area (Å²) in [6.45, 7) is 6.03. The van der Waals surface area contributed by atoms with Gasteiger partial charge in [-0.1, -0.05) is 110 Å². The summed E-state index contributed by atoms with van der Waals surface area (Å²) in [5, 5.41) is 11.2. The van der Waals surface area contributed by atoms with Crippen molar-refractivity contribution in [1.82, 2.24) is 13.5 Å². The SMILES string of the molecule is C=Cc1oc2ccc(-n3c4ccccc4c4cc(-c5ccc6c(c5)c5ccccc5n6-c5ccc6c7cccc8c9ccccc9n(c6c5)c87)ccc43)cc2c1/C=C\C. The van der Waals surface area contributed by atoms with Crippen LogP contribution in [-0.4, -0.2) is 13.5 Å². The van der Waals surface area contributed by atoms with Gasteiger partial charge in [-0.25, -0.2) is 0 Å². The van der Waals surface area contributed by atoms with Gasteiger partial charge in [0.15, 0.2) is 0 Å². The van der Waals surface area contributed by atoms with Gasteiger partial charge in [0.1, 0.15) is 11.3 Å². The molecular weight excluding hydrogens is 719 g/mol. The fraction of sp³-hybridized carbons (Fsp3) is 0.0182. The van der Waals surface area contributed by atoms with Crippen molar-refractivity contribution in [3.05, 3.63) is 188 Å². The Kier molecular flexibility index (Phi) is 6.49. The van der Waals surface area contributed by atoms with Gasteiger partial charge in [-0.2, -0.15) is 0 Å². The molecule has 4 heteroatoms. The summed E-state index contributed by atoms with van der Waals surface area (Å²) >= 11 is 0. The number of para-hydroxylation sites is 4. The van der Waals surface area contributed by atoms with E-state index in [1.54, 1.807) is 6.08 Å². The highest BCUT2D eigenvalue weighted by atomic mass is 16.3. The summed E-state index contributed by atoms with van der Waals surface area (Å²) in [7, 11) is 0. The molecule has 5 heterocycles. The lowest BCUT2D eigenvalue weighted by Gasteiger charge is -2.10. The highest BCUT2D eigenvalue weighted by Gasteiger charge is 2.20. The van der Waals surface area contributed by atoms with E-state index in [1.807, 2.05) is 13.0 Å². The molecule has 0 atom stereocenters. The second kappa shape index (κ2) is 11.9. The van der Waals surface area contributed by atoms with Gasteiger partial charge in [-0.15, -0.1) is 0 Å². The predicted octanol–water partition coefficient (Wildman–Crippen LogP) is 15.1. The highest BCUT2D eigenvalue weighted by molar-refractivity contribution is 6.23. The molecule has 8 aromatic carbocycles. The monoisotopic (exact) mass is 753 g/mol. The van der Waals surface area contributed by atoms with E-state index < -0.39 is 0 Å². The van der Waals surface area contributed by atoms with Gasteiger partial charge in [0.05, 0.1) is 38.6 Å². The number of hydrogen-bond acceptors (Lipinski definition) is 1. The number of nitrogens with zero attached hydrogens (tertiary/aromatic N) is 3. The van der Waals surface area contributed by atoms with Crippen LogP contribution >= 0.6 is 0 Å². The van der Waals surface area contributed by atoms with Crippen LogP contribution in [0.3, 0.4) is 0 Å². The van der Waals surface area contributed by atoms with E-state index in [2.05, 4.69) is 190 Å². The van der Waals surface area contributed by atoms with Crippen LogP contribution in [0.2, 0.25) is 0 Å². The molecule has 0 saturated heterocycles. The normalized spacial score (nSPS) is 12.5. The van der Waals surface area contributed by atoms with E-state index in [0.717, 1.165) is 33.7 Å². The number of rotatable bonds is 5. The fourth-order valence-electron chi connectivity index (χ4n) is 10.2. The minimum absolute atomic E-state index is 0.789. The Bertz CT molecular complexity index is 3940. The second-order valence-corrected chi connectivity index (χ2v) is 15.7. The zero-order valence-electron chi connectivity index (χ0n) is 32.3. The standard InChI is InChI=1S/C55H35N3O/c1-3-12-41-46-31-35(24-28-54(46)59-53(41)4-2)56-47-18-8-6-14-38(47)44-29-33(21-26-50(44)56)34-22-27-51-45(30-34)39-15-7-9-19-48(39)57(51)36-23-25-40-43-17-11-16-42-37-13-5-10-20-49(37)58(55(42)43)52(40)32-36/h3-32H,2H2,1H3/b12-3-. The fourth-order valence-corrected chi connectivity index (χ4v) is 10.2. The maximum atomic E-state index is 6.17. The van der Waals surface area contributed by atoms with Crippen LogP contribution in [0.5, 0.6) is 0 Å². The van der Waals surface area contributed by atoms with Crippen molar-refractivity contribution in [2.75, 3.05) is 0 Å². The van der Waals surface area contributed by atoms with Crippen molar-refractivity contribution in [3.63, 3.8) is 0 Å². The van der Waals surface area contributed by atoms with Crippen molar-refractivity contribution in [1.29, 1.82) is 0 Å². The van der Waals surface area contributed by atoms with E-state index in [4.69, 9.17) is 4.42 Å². The quantitative estimate of drug-likeness (QED) is 0.172. The molecule has 0 aliphatic carbocycles. The minimum atomic E-state index is 0.789. The first-order valence-electron chi connectivity index (χ1n) is 20.2. The van der Waals surface area contributed by atoms with E-state index in [1.165, 1.54) is 92.8 Å². The third-order valence-corrected chi connectivity index (χ3v) is 12.7. The molecular formula is C55H35N3O. The van der Waals surface area contributed by atoms with Crippen molar-refractivity contribution < 1.29 is 4.42 Å². The Hall–Kier alpha value is -7.82. The molecule has 0 spiro atoms. The first-order valence-corrected chi connectivity index (χ1v) is 20.2. The van der Waals surface area contributed by atoms with Gasteiger partial charge < -0.3 is 18.0 Å². The molecule has 0 aliphatic heterocycles. The van der Waals surface area contributed by atoms with Gasteiger partial charge in [0.2, 0.25) is 0 Å². The summed E-state index contributed by atoms with van der Waals surface area (Å²) < 4.78 is 13.4. The first kappa shape index (κ1) is 32.3. The molecule has 0 radical (unpaired) electrons. The third kappa shape index (κ3) is 4.32. The largest absolute Gasteiger partial charge is 0.456 e. The molecule has 276 valence electrons. The Labute approximate surface area is 338 Å². The topological polar surface area (TPSA) is 27.4 Å². The van der Waals surface area contributed by atoms with Crippen LogP contribution in [0.1, 0.15) is 18.2 Å². The Morgan fingerprint density at radius 3 is 1.59 bits per heavy atom. The Balaban J connectivity index is 0.984. The van der Waals surface area contributed by atoms with Crippen molar-refractivity contribution >= 4 is 105 Å². The van der Waals surface area contributed by atoms with E-state index in [9.17, 15) is 0 Å². The zero-order valence-corrected chi connectivity index (χ0v) is 32.3. The van der Waals surface area contributed by atoms with Crippen LogP contribution in [0.4, 0.5) is 0 Å². The van der Waals surface area contributed by atoms with Gasteiger partial charge in [0, 0.05) is 65.4 Å². The molecule has 59 heavy (non-hydrogen) atoms. The number of furan rings is 1. The van der Waals surface area contributed by atoms with Gasteiger partial charge in [0.25, 0.3) is 0 Å². The molecule has 13 rings (SSSR count). The van der Waals surface area contributed by atoms with Crippen LogP contribution in [0, 0.1) is 0 Å². The minimum Gasteiger partial charge on any atom is -0.456 e. The average molecular weight is 754 g/mol. The highest BCUT2D eigenvalue weighted by Crippen LogP contribution is 2.42. The number of allylic oxidation sites excluding steroid dienone is 1. The van der Waals surface area contributed by atoms with E-state index in [-0.39, 0.29) is 0 Å². The van der Waals surface area contributed by atoms with Crippen molar-refractivity contribution in [2.45, 2.75) is 6.92 Å². The Morgan fingerprint density at radius 2 is 0.966 bits per heavy atom. The summed E-state index contributed by atoms with van der Waals surface area (Å²) in [6.07, 6.45) is 5.94. The zero-order chi connectivity index (χ0) is 38.9. The Morgan fingerprint density at radius 1 is 0.441 bits per heavy atom. The maximum absolute atomic E-state index is 6.17. The van der Waals surface area contributed by atoms with Gasteiger partial charge in [-0.05, 0) is 96.9 Å². The molecule has 0 unspecified atom stereocenters. The molecule has 0 bridgehead atoms. The molecule has 0 aliphatic rings. The average Bonchev–Trinajstić information content (AvgIpc) is 4.08. The van der Waals surface area contributed by atoms with Crippen LogP contribution < -0.4 is 0 Å². The summed E-state index contributed by atoms with van der Waals surface area (Å²) in [4.78, 5) is 0. The second-order valence-electron chi connectivity index (χ2n) is 15.7. The van der Waals surface area contributed by atoms with Crippen LogP contribution in [-0.2, 0) is 0 Å². The lowest BCUT2D eigenvalue weighted by atomic mass is 10.0.